The normalized spacial score (nSPS) is 9.93. The van der Waals surface area contributed by atoms with Gasteiger partial charge in [-0.3, -0.25) is 25.8 Å². The number of carbonyl (C=O) groups excluding carboxylic acids is 2. The first kappa shape index (κ1) is 21.5. The summed E-state index contributed by atoms with van der Waals surface area (Å²) in [6, 6.07) is 9.06. The highest BCUT2D eigenvalue weighted by atomic mass is 32.1. The summed E-state index contributed by atoms with van der Waals surface area (Å²) in [5.74, 6) is -2.90. The number of benzene rings is 2. The molecule has 0 heterocycles. The molecular weight excluding hydrogens is 398 g/mol. The van der Waals surface area contributed by atoms with Gasteiger partial charge in [-0.05, 0) is 48.5 Å². The predicted molar refractivity (Wildman–Crippen MR) is 109 cm³/mol. The molecule has 0 aliphatic rings. The van der Waals surface area contributed by atoms with Crippen molar-refractivity contribution in [2.24, 2.45) is 0 Å². The fraction of sp³-hybridized carbons (Fsp3) is 0.105. The third kappa shape index (κ3) is 6.40. The highest BCUT2D eigenvalue weighted by Crippen LogP contribution is 2.35. The summed E-state index contributed by atoms with van der Waals surface area (Å²) >= 11 is 4.88. The van der Waals surface area contributed by atoms with E-state index in [4.69, 9.17) is 17.0 Å². The molecule has 152 valence electrons. The molecule has 6 N–H and O–H groups in total. The number of rotatable bonds is 6. The molecule has 9 nitrogen and oxygen atoms in total. The second-order valence-corrected chi connectivity index (χ2v) is 6.15. The van der Waals surface area contributed by atoms with Crippen molar-refractivity contribution >= 4 is 29.1 Å². The number of allylic oxidation sites excluding steroid dienone is 1. The molecule has 0 fully saturated rings. The van der Waals surface area contributed by atoms with Gasteiger partial charge in [-0.15, -0.1) is 6.58 Å². The predicted octanol–water partition coefficient (Wildman–Crippen LogP) is 1.25. The van der Waals surface area contributed by atoms with Crippen LogP contribution in [0.5, 0.6) is 23.0 Å². The molecule has 0 aliphatic carbocycles. The van der Waals surface area contributed by atoms with Gasteiger partial charge in [0, 0.05) is 5.56 Å². The van der Waals surface area contributed by atoms with Crippen LogP contribution in [0.15, 0.2) is 49.1 Å². The number of hydrazine groups is 1. The first-order valence-corrected chi connectivity index (χ1v) is 8.68. The van der Waals surface area contributed by atoms with Crippen molar-refractivity contribution in [1.82, 2.24) is 16.2 Å². The smallest absolute Gasteiger partial charge is 0.276 e. The van der Waals surface area contributed by atoms with Gasteiger partial charge < -0.3 is 20.1 Å². The highest BCUT2D eigenvalue weighted by Gasteiger charge is 2.14. The van der Waals surface area contributed by atoms with E-state index in [0.29, 0.717) is 5.75 Å². The number of aromatic hydroxyl groups is 3. The zero-order valence-electron chi connectivity index (χ0n) is 15.1. The molecule has 2 aromatic carbocycles. The molecule has 2 rings (SSSR count). The lowest BCUT2D eigenvalue weighted by molar-refractivity contribution is -0.123. The van der Waals surface area contributed by atoms with Gasteiger partial charge in [0.05, 0.1) is 0 Å². The number of thiocarbonyl (C=S) groups is 1. The lowest BCUT2D eigenvalue weighted by Gasteiger charge is -2.12. The van der Waals surface area contributed by atoms with E-state index in [1.807, 2.05) is 12.1 Å². The van der Waals surface area contributed by atoms with Crippen LogP contribution in [0.4, 0.5) is 0 Å². The van der Waals surface area contributed by atoms with E-state index in [1.54, 1.807) is 18.2 Å². The number of hydrogen-bond donors (Lipinski definition) is 6. The molecule has 0 saturated carbocycles. The molecule has 2 amide bonds. The number of amides is 2. The van der Waals surface area contributed by atoms with Gasteiger partial charge in [0.15, 0.2) is 29.0 Å². The summed E-state index contributed by atoms with van der Waals surface area (Å²) in [5, 5.41) is 30.1. The van der Waals surface area contributed by atoms with Crippen LogP contribution >= 0.6 is 12.2 Å². The Kier molecular flexibility index (Phi) is 7.38. The third-order valence-electron chi connectivity index (χ3n) is 3.55. The van der Waals surface area contributed by atoms with Crippen molar-refractivity contribution in [1.29, 1.82) is 0 Å². The summed E-state index contributed by atoms with van der Waals surface area (Å²) < 4.78 is 5.33. The summed E-state index contributed by atoms with van der Waals surface area (Å²) in [6.07, 6.45) is 2.51. The van der Waals surface area contributed by atoms with Gasteiger partial charge >= 0.3 is 0 Å². The fourth-order valence-electron chi connectivity index (χ4n) is 2.14. The maximum absolute atomic E-state index is 12.0. The monoisotopic (exact) mass is 417 g/mol. The lowest BCUT2D eigenvalue weighted by Crippen LogP contribution is -2.49. The lowest BCUT2D eigenvalue weighted by atomic mass is 10.1. The standard InChI is InChI=1S/C19H19N3O6S/c1-2-3-11-4-6-13(7-5-11)28-10-16(25)21-22-19(29)20-18(27)12-8-14(23)17(26)15(24)9-12/h2,4-9,23-24,26H,1,3,10H2,(H,21,25)(H2,20,22,27,29). The van der Waals surface area contributed by atoms with E-state index >= 15 is 0 Å². The number of phenols is 3. The number of ether oxygens (including phenoxy) is 1. The third-order valence-corrected chi connectivity index (χ3v) is 3.75. The molecule has 0 radical (unpaired) electrons. The molecule has 29 heavy (non-hydrogen) atoms. The molecule has 0 aliphatic heterocycles. The minimum Gasteiger partial charge on any atom is -0.504 e. The molecule has 10 heteroatoms. The van der Waals surface area contributed by atoms with Gasteiger partial charge in [-0.2, -0.15) is 0 Å². The number of phenolic OH excluding ortho intramolecular Hbond substituents is 3. The molecule has 0 spiro atoms. The average molecular weight is 417 g/mol. The Labute approximate surface area is 171 Å². The fourth-order valence-corrected chi connectivity index (χ4v) is 2.29. The van der Waals surface area contributed by atoms with Crippen LogP contribution in [0.3, 0.4) is 0 Å². The Bertz CT molecular complexity index is 907. The maximum atomic E-state index is 12.0. The molecule has 2 aromatic rings. The van der Waals surface area contributed by atoms with Gasteiger partial charge in [0.1, 0.15) is 5.75 Å². The molecule has 0 saturated heterocycles. The van der Waals surface area contributed by atoms with E-state index in [1.165, 1.54) is 0 Å². The van der Waals surface area contributed by atoms with Gasteiger partial charge in [0.25, 0.3) is 11.8 Å². The van der Waals surface area contributed by atoms with Crippen molar-refractivity contribution in [3.63, 3.8) is 0 Å². The van der Waals surface area contributed by atoms with Gasteiger partial charge in [-0.25, -0.2) is 0 Å². The number of nitrogens with one attached hydrogen (secondary N) is 3. The van der Waals surface area contributed by atoms with E-state index in [-0.39, 0.29) is 17.3 Å². The summed E-state index contributed by atoms with van der Waals surface area (Å²) in [4.78, 5) is 23.8. The number of hydrogen-bond acceptors (Lipinski definition) is 7. The van der Waals surface area contributed by atoms with Crippen LogP contribution in [0, 0.1) is 0 Å². The number of carbonyl (C=O) groups is 2. The maximum Gasteiger partial charge on any atom is 0.276 e. The van der Waals surface area contributed by atoms with E-state index < -0.39 is 29.1 Å². The van der Waals surface area contributed by atoms with Crippen LogP contribution in [-0.2, 0) is 11.2 Å². The topological polar surface area (TPSA) is 140 Å². The van der Waals surface area contributed by atoms with E-state index in [2.05, 4.69) is 22.7 Å². The molecular formula is C19H19N3O6S. The average Bonchev–Trinajstić information content (AvgIpc) is 2.69. The van der Waals surface area contributed by atoms with Crippen LogP contribution in [0.2, 0.25) is 0 Å². The van der Waals surface area contributed by atoms with E-state index in [0.717, 1.165) is 24.1 Å². The van der Waals surface area contributed by atoms with Crippen molar-refractivity contribution in [2.75, 3.05) is 6.61 Å². The zero-order chi connectivity index (χ0) is 21.4. The van der Waals surface area contributed by atoms with Gasteiger partial charge in [-0.1, -0.05) is 18.2 Å². The van der Waals surface area contributed by atoms with Gasteiger partial charge in [0.2, 0.25) is 0 Å². The zero-order valence-corrected chi connectivity index (χ0v) is 16.0. The van der Waals surface area contributed by atoms with Crippen LogP contribution in [0.25, 0.3) is 0 Å². The summed E-state index contributed by atoms with van der Waals surface area (Å²) in [6.45, 7) is 3.37. The molecule has 0 bridgehead atoms. The quantitative estimate of drug-likeness (QED) is 0.179. The van der Waals surface area contributed by atoms with Crippen molar-refractivity contribution in [2.45, 2.75) is 6.42 Å². The second-order valence-electron chi connectivity index (χ2n) is 5.74. The largest absolute Gasteiger partial charge is 0.504 e. The first-order valence-electron chi connectivity index (χ1n) is 8.28. The second kappa shape index (κ2) is 9.95. The Morgan fingerprint density at radius 2 is 1.69 bits per heavy atom. The molecule has 0 unspecified atom stereocenters. The van der Waals surface area contributed by atoms with Crippen molar-refractivity contribution in [3.05, 3.63) is 60.2 Å². The summed E-state index contributed by atoms with van der Waals surface area (Å²) in [5.41, 5.74) is 5.48. The minimum absolute atomic E-state index is 0.156. The van der Waals surface area contributed by atoms with Crippen molar-refractivity contribution in [3.8, 4) is 23.0 Å². The first-order chi connectivity index (χ1) is 13.8. The highest BCUT2D eigenvalue weighted by molar-refractivity contribution is 7.80. The Balaban J connectivity index is 1.77. The Morgan fingerprint density at radius 1 is 1.07 bits per heavy atom. The van der Waals surface area contributed by atoms with Crippen LogP contribution < -0.4 is 20.9 Å². The minimum atomic E-state index is -0.779. The molecule has 0 aromatic heterocycles. The van der Waals surface area contributed by atoms with E-state index in [9.17, 15) is 24.9 Å². The van der Waals surface area contributed by atoms with Crippen molar-refractivity contribution < 1.29 is 29.6 Å². The Morgan fingerprint density at radius 3 is 2.28 bits per heavy atom. The Hall–Kier alpha value is -3.79. The summed E-state index contributed by atoms with van der Waals surface area (Å²) in [7, 11) is 0. The van der Waals surface area contributed by atoms with Crippen LogP contribution in [-0.4, -0.2) is 38.9 Å². The SMILES string of the molecule is C=CCc1ccc(OCC(=O)NNC(=S)NC(=O)c2cc(O)c(O)c(O)c2)cc1. The van der Waals surface area contributed by atoms with Crippen LogP contribution in [0.1, 0.15) is 15.9 Å². The molecule has 0 atom stereocenters.